The van der Waals surface area contributed by atoms with E-state index >= 15 is 0 Å². The fourth-order valence-electron chi connectivity index (χ4n) is 1.05. The van der Waals surface area contributed by atoms with Gasteiger partial charge in [-0.1, -0.05) is 6.92 Å². The largest absolute Gasteiger partial charge is 0.464 e. The van der Waals surface area contributed by atoms with Crippen molar-refractivity contribution in [3.63, 3.8) is 0 Å². The number of esters is 1. The average molecular weight is 230 g/mol. The summed E-state index contributed by atoms with van der Waals surface area (Å²) in [4.78, 5) is 19.2. The van der Waals surface area contributed by atoms with E-state index in [1.165, 1.54) is 23.9 Å². The number of ether oxygens (including phenoxy) is 1. The summed E-state index contributed by atoms with van der Waals surface area (Å²) in [6.07, 6.45) is 3.75. The van der Waals surface area contributed by atoms with Gasteiger partial charge in [0.25, 0.3) is 0 Å². The number of carbonyl (C=O) groups is 1. The number of halogens is 1. The number of rotatable bonds is 4. The molecule has 0 amide bonds. The number of methoxy groups -OCH3 is 1. The Hall–Kier alpha value is -1.36. The van der Waals surface area contributed by atoms with E-state index in [1.54, 1.807) is 0 Å². The van der Waals surface area contributed by atoms with Gasteiger partial charge in [0, 0.05) is 30.7 Å². The number of hydrogen-bond acceptors (Lipinski definition) is 5. The number of carbonyl (C=O) groups excluding carboxylic acids is 1. The molecule has 0 saturated carbocycles. The Morgan fingerprint density at radius 1 is 1.53 bits per heavy atom. The van der Waals surface area contributed by atoms with Crippen LogP contribution in [0.3, 0.4) is 0 Å². The van der Waals surface area contributed by atoms with E-state index in [0.717, 1.165) is 6.42 Å². The first kappa shape index (κ1) is 11.7. The van der Waals surface area contributed by atoms with Crippen molar-refractivity contribution in [1.82, 2.24) is 9.97 Å². The molecular formula is C9H12ClN3O2. The lowest BCUT2D eigenvalue weighted by atomic mass is 10.4. The van der Waals surface area contributed by atoms with Crippen LogP contribution in [0.25, 0.3) is 0 Å². The molecule has 6 heteroatoms. The minimum atomic E-state index is -0.542. The van der Waals surface area contributed by atoms with Gasteiger partial charge in [0.1, 0.15) is 0 Å². The van der Waals surface area contributed by atoms with Crippen LogP contribution in [0.5, 0.6) is 0 Å². The van der Waals surface area contributed by atoms with Gasteiger partial charge in [-0.15, -0.1) is 0 Å². The average Bonchev–Trinajstić information content (AvgIpc) is 2.28. The molecule has 1 aromatic heterocycles. The maximum atomic E-state index is 11.3. The highest BCUT2D eigenvalue weighted by Gasteiger charge is 2.18. The van der Waals surface area contributed by atoms with Crippen LogP contribution in [-0.4, -0.2) is 29.6 Å². The van der Waals surface area contributed by atoms with Crippen LogP contribution in [0.15, 0.2) is 12.4 Å². The Labute approximate surface area is 93.1 Å². The monoisotopic (exact) mass is 229 g/mol. The molecule has 0 aliphatic rings. The number of nitrogens with zero attached hydrogens (tertiary/aromatic N) is 3. The topological polar surface area (TPSA) is 55.3 Å². The lowest BCUT2D eigenvalue weighted by Gasteiger charge is -2.14. The summed E-state index contributed by atoms with van der Waals surface area (Å²) in [5.74, 6) is -0.215. The maximum absolute atomic E-state index is 11.3. The highest BCUT2D eigenvalue weighted by Crippen LogP contribution is 2.17. The SMILES string of the molecule is CCCN(Cl)c1nccnc1C(=O)OC. The van der Waals surface area contributed by atoms with Crippen molar-refractivity contribution in [2.75, 3.05) is 18.1 Å². The van der Waals surface area contributed by atoms with Gasteiger partial charge in [-0.25, -0.2) is 14.8 Å². The predicted octanol–water partition coefficient (Wildman–Crippen LogP) is 1.63. The second-order valence-corrected chi connectivity index (χ2v) is 3.21. The van der Waals surface area contributed by atoms with Crippen LogP contribution < -0.4 is 4.42 Å². The van der Waals surface area contributed by atoms with Crippen molar-refractivity contribution in [3.8, 4) is 0 Å². The molecule has 5 nitrogen and oxygen atoms in total. The molecular weight excluding hydrogens is 218 g/mol. The molecule has 0 atom stereocenters. The molecule has 0 unspecified atom stereocenters. The molecule has 0 radical (unpaired) electrons. The second kappa shape index (κ2) is 5.50. The summed E-state index contributed by atoms with van der Waals surface area (Å²) in [6, 6.07) is 0. The fraction of sp³-hybridized carbons (Fsp3) is 0.444. The summed E-state index contributed by atoms with van der Waals surface area (Å²) >= 11 is 5.94. The minimum absolute atomic E-state index is 0.128. The smallest absolute Gasteiger partial charge is 0.360 e. The third-order valence-corrected chi connectivity index (χ3v) is 2.04. The molecule has 0 spiro atoms. The standard InChI is InChI=1S/C9H12ClN3O2/c1-3-6-13(10)8-7(9(14)15-2)11-4-5-12-8/h4-5H,3,6H2,1-2H3. The number of anilines is 1. The summed E-state index contributed by atoms with van der Waals surface area (Å²) in [7, 11) is 1.29. The predicted molar refractivity (Wildman–Crippen MR) is 56.9 cm³/mol. The van der Waals surface area contributed by atoms with Gasteiger partial charge in [-0.3, -0.25) is 4.42 Å². The van der Waals surface area contributed by atoms with Gasteiger partial charge in [0.15, 0.2) is 11.5 Å². The normalized spacial score (nSPS) is 9.80. The first-order valence-electron chi connectivity index (χ1n) is 4.53. The van der Waals surface area contributed by atoms with Crippen molar-refractivity contribution < 1.29 is 9.53 Å². The number of hydrogen-bond donors (Lipinski definition) is 0. The van der Waals surface area contributed by atoms with Crippen LogP contribution in [0, 0.1) is 0 Å². The maximum Gasteiger partial charge on any atom is 0.360 e. The van der Waals surface area contributed by atoms with Gasteiger partial charge in [0.05, 0.1) is 7.11 Å². The molecule has 0 saturated heterocycles. The third-order valence-electron chi connectivity index (χ3n) is 1.71. The fourth-order valence-corrected chi connectivity index (χ4v) is 1.34. The summed E-state index contributed by atoms with van der Waals surface area (Å²) in [5, 5.41) is 0. The van der Waals surface area contributed by atoms with Gasteiger partial charge >= 0.3 is 5.97 Å². The van der Waals surface area contributed by atoms with E-state index in [0.29, 0.717) is 12.4 Å². The summed E-state index contributed by atoms with van der Waals surface area (Å²) in [6.45, 7) is 2.56. The van der Waals surface area contributed by atoms with Gasteiger partial charge < -0.3 is 4.74 Å². The van der Waals surface area contributed by atoms with E-state index in [-0.39, 0.29) is 5.69 Å². The highest BCUT2D eigenvalue weighted by molar-refractivity contribution is 6.26. The molecule has 15 heavy (non-hydrogen) atoms. The summed E-state index contributed by atoms with van der Waals surface area (Å²) < 4.78 is 5.94. The minimum Gasteiger partial charge on any atom is -0.464 e. The van der Waals surface area contributed by atoms with Crippen molar-refractivity contribution in [2.45, 2.75) is 13.3 Å². The lowest BCUT2D eigenvalue weighted by molar-refractivity contribution is 0.0594. The zero-order chi connectivity index (χ0) is 11.3. The van der Waals surface area contributed by atoms with Crippen LogP contribution in [0.2, 0.25) is 0 Å². The second-order valence-electron chi connectivity index (χ2n) is 2.81. The Bertz CT molecular complexity index is 346. The molecule has 0 aliphatic heterocycles. The van der Waals surface area contributed by atoms with Crippen LogP contribution in [-0.2, 0) is 4.74 Å². The first-order chi connectivity index (χ1) is 7.20. The molecule has 0 bridgehead atoms. The third kappa shape index (κ3) is 2.79. The molecule has 1 aromatic rings. The van der Waals surface area contributed by atoms with E-state index in [1.807, 2.05) is 6.92 Å². The Morgan fingerprint density at radius 3 is 2.80 bits per heavy atom. The van der Waals surface area contributed by atoms with Gasteiger partial charge in [-0.2, -0.15) is 0 Å². The number of aromatic nitrogens is 2. The molecule has 0 aromatic carbocycles. The highest BCUT2D eigenvalue weighted by atomic mass is 35.5. The van der Waals surface area contributed by atoms with E-state index in [9.17, 15) is 4.79 Å². The first-order valence-corrected chi connectivity index (χ1v) is 4.87. The lowest BCUT2D eigenvalue weighted by Crippen LogP contribution is -2.18. The van der Waals surface area contributed by atoms with Crippen LogP contribution in [0.4, 0.5) is 5.82 Å². The Balaban J connectivity index is 3.00. The van der Waals surface area contributed by atoms with Crippen molar-refractivity contribution in [2.24, 2.45) is 0 Å². The van der Waals surface area contributed by atoms with Crippen molar-refractivity contribution in [3.05, 3.63) is 18.1 Å². The van der Waals surface area contributed by atoms with Crippen molar-refractivity contribution in [1.29, 1.82) is 0 Å². The molecule has 82 valence electrons. The van der Waals surface area contributed by atoms with E-state index in [4.69, 9.17) is 11.8 Å². The summed E-state index contributed by atoms with van der Waals surface area (Å²) in [5.41, 5.74) is 0.128. The van der Waals surface area contributed by atoms with Gasteiger partial charge in [0.2, 0.25) is 0 Å². The van der Waals surface area contributed by atoms with Crippen LogP contribution >= 0.6 is 11.8 Å². The van der Waals surface area contributed by atoms with Gasteiger partial charge in [-0.05, 0) is 6.42 Å². The molecule has 0 fully saturated rings. The Kier molecular flexibility index (Phi) is 4.30. The molecule has 0 aliphatic carbocycles. The van der Waals surface area contributed by atoms with E-state index in [2.05, 4.69) is 14.7 Å². The molecule has 1 heterocycles. The van der Waals surface area contributed by atoms with E-state index < -0.39 is 5.97 Å². The zero-order valence-electron chi connectivity index (χ0n) is 8.61. The zero-order valence-corrected chi connectivity index (χ0v) is 9.36. The molecule has 1 rings (SSSR count). The van der Waals surface area contributed by atoms with Crippen molar-refractivity contribution >= 4 is 23.6 Å². The quantitative estimate of drug-likeness (QED) is 0.580. The Morgan fingerprint density at radius 2 is 2.20 bits per heavy atom. The van der Waals surface area contributed by atoms with Crippen LogP contribution in [0.1, 0.15) is 23.8 Å². The molecule has 0 N–H and O–H groups in total.